The number of amides is 1. The topological polar surface area (TPSA) is 78.5 Å². The number of nitrogens with one attached hydrogen (secondary N) is 2. The first kappa shape index (κ1) is 15.9. The van der Waals surface area contributed by atoms with Crippen LogP contribution in [-0.2, 0) is 21.2 Å². The van der Waals surface area contributed by atoms with E-state index in [1.54, 1.807) is 11.3 Å². The van der Waals surface area contributed by atoms with Crippen molar-refractivity contribution in [1.29, 1.82) is 0 Å². The van der Waals surface area contributed by atoms with E-state index in [1.165, 1.54) is 15.4 Å². The monoisotopic (exact) mass is 343 g/mol. The number of thiophene rings is 1. The largest absolute Gasteiger partial charge is 0.355 e. The van der Waals surface area contributed by atoms with Crippen LogP contribution in [0.25, 0.3) is 0 Å². The van der Waals surface area contributed by atoms with Gasteiger partial charge < -0.3 is 10.6 Å². The van der Waals surface area contributed by atoms with Crippen molar-refractivity contribution >= 4 is 27.3 Å². The Balaban J connectivity index is 1.64. The molecule has 22 heavy (non-hydrogen) atoms. The lowest BCUT2D eigenvalue weighted by molar-refractivity contribution is -0.130. The van der Waals surface area contributed by atoms with Gasteiger partial charge in [-0.3, -0.25) is 4.79 Å². The summed E-state index contributed by atoms with van der Waals surface area (Å²) >= 11 is 1.68. The fraction of sp³-hybridized carbons (Fsp3) is 0.643. The van der Waals surface area contributed by atoms with Gasteiger partial charge in [0.2, 0.25) is 15.9 Å². The van der Waals surface area contributed by atoms with Crippen LogP contribution in [0.15, 0.2) is 17.5 Å². The summed E-state index contributed by atoms with van der Waals surface area (Å²) in [5.41, 5.74) is -0.613. The predicted molar refractivity (Wildman–Crippen MR) is 86.2 cm³/mol. The van der Waals surface area contributed by atoms with Crippen LogP contribution in [0.2, 0.25) is 0 Å². The number of rotatable bonds is 5. The van der Waals surface area contributed by atoms with Crippen LogP contribution >= 0.6 is 11.3 Å². The number of nitrogens with zero attached hydrogens (tertiary/aromatic N) is 1. The molecule has 0 radical (unpaired) electrons. The quantitative estimate of drug-likeness (QED) is 0.782. The third kappa shape index (κ3) is 2.92. The first-order valence-electron chi connectivity index (χ1n) is 7.38. The molecule has 2 aliphatic heterocycles. The van der Waals surface area contributed by atoms with E-state index in [1.807, 2.05) is 11.4 Å². The fourth-order valence-corrected chi connectivity index (χ4v) is 5.00. The van der Waals surface area contributed by atoms with Gasteiger partial charge >= 0.3 is 0 Å². The van der Waals surface area contributed by atoms with Crippen LogP contribution in [0.3, 0.4) is 0 Å². The van der Waals surface area contributed by atoms with Gasteiger partial charge in [0.05, 0.1) is 11.7 Å². The van der Waals surface area contributed by atoms with Gasteiger partial charge in [-0.05, 0) is 17.9 Å². The molecule has 0 bridgehead atoms. The Hall–Kier alpha value is -0.960. The third-order valence-corrected chi connectivity index (χ3v) is 6.81. The number of hydrogen-bond donors (Lipinski definition) is 2. The zero-order valence-electron chi connectivity index (χ0n) is 12.5. The minimum atomic E-state index is -3.24. The summed E-state index contributed by atoms with van der Waals surface area (Å²) in [5, 5.41) is 8.27. The highest BCUT2D eigenvalue weighted by atomic mass is 32.2. The Morgan fingerprint density at radius 2 is 2.41 bits per heavy atom. The standard InChI is InChI=1S/C14H21N3O3S2/c1-22(19,20)17-8-11-7-15-9-14(11,10-17)13(18)16-5-4-12-3-2-6-21-12/h2-3,6,11,15H,4-5,7-10H2,1H3,(H,16,18)/t11-,14-/m1/s1. The molecule has 2 saturated heterocycles. The Morgan fingerprint density at radius 1 is 1.59 bits per heavy atom. The summed E-state index contributed by atoms with van der Waals surface area (Å²) < 4.78 is 25.0. The van der Waals surface area contributed by atoms with Gasteiger partial charge in [-0.1, -0.05) is 6.07 Å². The van der Waals surface area contributed by atoms with E-state index >= 15 is 0 Å². The first-order valence-corrected chi connectivity index (χ1v) is 10.1. The van der Waals surface area contributed by atoms with Crippen LogP contribution in [0.5, 0.6) is 0 Å². The lowest BCUT2D eigenvalue weighted by Crippen LogP contribution is -2.48. The van der Waals surface area contributed by atoms with Crippen molar-refractivity contribution in [3.05, 3.63) is 22.4 Å². The number of fused-ring (bicyclic) bond motifs is 1. The second-order valence-electron chi connectivity index (χ2n) is 6.12. The molecule has 0 saturated carbocycles. The molecule has 1 aromatic rings. The molecule has 1 amide bonds. The first-order chi connectivity index (χ1) is 10.4. The molecular formula is C14H21N3O3S2. The molecular weight excluding hydrogens is 322 g/mol. The molecule has 3 rings (SSSR count). The van der Waals surface area contributed by atoms with Crippen molar-refractivity contribution in [3.8, 4) is 0 Å². The van der Waals surface area contributed by atoms with Gasteiger partial charge in [0.25, 0.3) is 0 Å². The highest BCUT2D eigenvalue weighted by Crippen LogP contribution is 2.40. The van der Waals surface area contributed by atoms with Crippen LogP contribution in [0.1, 0.15) is 4.88 Å². The van der Waals surface area contributed by atoms with E-state index in [4.69, 9.17) is 0 Å². The maximum Gasteiger partial charge on any atom is 0.229 e. The average Bonchev–Trinajstić information content (AvgIpc) is 3.12. The van der Waals surface area contributed by atoms with E-state index in [0.29, 0.717) is 26.2 Å². The van der Waals surface area contributed by atoms with E-state index in [2.05, 4.69) is 16.7 Å². The number of carbonyl (C=O) groups excluding carboxylic acids is 1. The zero-order chi connectivity index (χ0) is 15.8. The molecule has 0 spiro atoms. The Kier molecular flexibility index (Phi) is 4.28. The van der Waals surface area contributed by atoms with E-state index in [-0.39, 0.29) is 18.4 Å². The molecule has 0 aliphatic carbocycles. The zero-order valence-corrected chi connectivity index (χ0v) is 14.2. The van der Waals surface area contributed by atoms with E-state index in [9.17, 15) is 13.2 Å². The minimum Gasteiger partial charge on any atom is -0.355 e. The second kappa shape index (κ2) is 5.92. The second-order valence-corrected chi connectivity index (χ2v) is 9.14. The van der Waals surface area contributed by atoms with Crippen molar-refractivity contribution in [2.45, 2.75) is 6.42 Å². The number of sulfonamides is 1. The van der Waals surface area contributed by atoms with Crippen LogP contribution in [0, 0.1) is 11.3 Å². The molecule has 6 nitrogen and oxygen atoms in total. The predicted octanol–water partition coefficient (Wildman–Crippen LogP) is -0.112. The van der Waals surface area contributed by atoms with Crippen LogP contribution in [-0.4, -0.2) is 57.6 Å². The Bertz CT molecular complexity index is 644. The third-order valence-electron chi connectivity index (χ3n) is 4.65. The maximum absolute atomic E-state index is 12.7. The van der Waals surface area contributed by atoms with E-state index in [0.717, 1.165) is 6.42 Å². The summed E-state index contributed by atoms with van der Waals surface area (Å²) in [6.45, 7) is 2.56. The molecule has 2 aliphatic rings. The molecule has 2 atom stereocenters. The van der Waals surface area contributed by atoms with E-state index < -0.39 is 15.4 Å². The van der Waals surface area contributed by atoms with Gasteiger partial charge in [-0.25, -0.2) is 12.7 Å². The molecule has 0 unspecified atom stereocenters. The van der Waals surface area contributed by atoms with Crippen molar-refractivity contribution in [2.75, 3.05) is 39.0 Å². The molecule has 1 aromatic heterocycles. The van der Waals surface area contributed by atoms with Crippen molar-refractivity contribution in [1.82, 2.24) is 14.9 Å². The lowest BCUT2D eigenvalue weighted by Gasteiger charge is -2.26. The van der Waals surface area contributed by atoms with Crippen molar-refractivity contribution in [3.63, 3.8) is 0 Å². The number of carbonyl (C=O) groups is 1. The number of hydrogen-bond acceptors (Lipinski definition) is 5. The van der Waals surface area contributed by atoms with Gasteiger partial charge in [-0.2, -0.15) is 0 Å². The highest BCUT2D eigenvalue weighted by Gasteiger charge is 2.56. The smallest absolute Gasteiger partial charge is 0.229 e. The molecule has 0 aromatic carbocycles. The lowest BCUT2D eigenvalue weighted by atomic mass is 9.80. The SMILES string of the molecule is CS(=O)(=O)N1C[C@H]2CNC[C@@]2(C(=O)NCCc2cccs2)C1. The minimum absolute atomic E-state index is 0.0230. The summed E-state index contributed by atoms with van der Waals surface area (Å²) in [4.78, 5) is 13.9. The molecule has 2 fully saturated rings. The molecule has 8 heteroatoms. The maximum atomic E-state index is 12.7. The van der Waals surface area contributed by atoms with Crippen molar-refractivity contribution in [2.24, 2.45) is 11.3 Å². The molecule has 122 valence electrons. The Morgan fingerprint density at radius 3 is 3.09 bits per heavy atom. The highest BCUT2D eigenvalue weighted by molar-refractivity contribution is 7.88. The Labute approximate surface area is 134 Å². The normalized spacial score (nSPS) is 28.7. The summed E-state index contributed by atoms with van der Waals surface area (Å²) in [5.74, 6) is 0.0363. The van der Waals surface area contributed by atoms with Gasteiger partial charge in [-0.15, -0.1) is 11.3 Å². The summed E-state index contributed by atoms with van der Waals surface area (Å²) in [7, 11) is -3.24. The molecule has 3 heterocycles. The van der Waals surface area contributed by atoms with Crippen molar-refractivity contribution < 1.29 is 13.2 Å². The summed E-state index contributed by atoms with van der Waals surface area (Å²) in [6, 6.07) is 4.05. The summed E-state index contributed by atoms with van der Waals surface area (Å²) in [6.07, 6.45) is 2.03. The molecule has 2 N–H and O–H groups in total. The van der Waals surface area contributed by atoms with Gasteiger partial charge in [0.15, 0.2) is 0 Å². The van der Waals surface area contributed by atoms with Gasteiger partial charge in [0, 0.05) is 43.5 Å². The van der Waals surface area contributed by atoms with Crippen LogP contribution in [0.4, 0.5) is 0 Å². The fourth-order valence-electron chi connectivity index (χ4n) is 3.38. The average molecular weight is 343 g/mol. The van der Waals surface area contributed by atoms with Crippen LogP contribution < -0.4 is 10.6 Å². The van der Waals surface area contributed by atoms with Gasteiger partial charge in [0.1, 0.15) is 0 Å².